The van der Waals surface area contributed by atoms with E-state index in [2.05, 4.69) is 5.32 Å². The SMILES string of the molecule is CNC(CC(=O)O)C(O)c1ccc2c(c1)CCC2. The number of aryl methyl sites for hydroxylation is 2. The van der Waals surface area contributed by atoms with Crippen LogP contribution in [0, 0.1) is 0 Å². The van der Waals surface area contributed by atoms with Crippen molar-refractivity contribution in [1.82, 2.24) is 5.32 Å². The summed E-state index contributed by atoms with van der Waals surface area (Å²) in [7, 11) is 1.67. The zero-order valence-corrected chi connectivity index (χ0v) is 10.5. The van der Waals surface area contributed by atoms with Gasteiger partial charge >= 0.3 is 5.97 Å². The van der Waals surface area contributed by atoms with Gasteiger partial charge in [-0.2, -0.15) is 0 Å². The standard InChI is InChI=1S/C14H19NO3/c1-15-12(8-13(16)17)14(18)11-6-5-9-3-2-4-10(9)7-11/h5-7,12,14-15,18H,2-4,8H2,1H3,(H,16,17). The minimum Gasteiger partial charge on any atom is -0.481 e. The lowest BCUT2D eigenvalue weighted by molar-refractivity contribution is -0.138. The van der Waals surface area contributed by atoms with Crippen LogP contribution in [0.25, 0.3) is 0 Å². The van der Waals surface area contributed by atoms with Gasteiger partial charge < -0.3 is 15.5 Å². The molecule has 0 bridgehead atoms. The van der Waals surface area contributed by atoms with Gasteiger partial charge in [0.15, 0.2) is 0 Å². The molecule has 2 unspecified atom stereocenters. The van der Waals surface area contributed by atoms with Gasteiger partial charge in [0, 0.05) is 6.04 Å². The third-order valence-electron chi connectivity index (χ3n) is 3.61. The molecule has 4 heteroatoms. The van der Waals surface area contributed by atoms with Crippen LogP contribution in [0.2, 0.25) is 0 Å². The lowest BCUT2D eigenvalue weighted by Gasteiger charge is -2.21. The number of fused-ring (bicyclic) bond motifs is 1. The number of nitrogens with one attached hydrogen (secondary N) is 1. The maximum absolute atomic E-state index is 10.7. The predicted octanol–water partition coefficient (Wildman–Crippen LogP) is 1.27. The fourth-order valence-electron chi connectivity index (χ4n) is 2.57. The van der Waals surface area contributed by atoms with E-state index in [0.29, 0.717) is 0 Å². The van der Waals surface area contributed by atoms with Crippen LogP contribution >= 0.6 is 0 Å². The topological polar surface area (TPSA) is 69.6 Å². The Morgan fingerprint density at radius 1 is 1.39 bits per heavy atom. The predicted molar refractivity (Wildman–Crippen MR) is 68.5 cm³/mol. The molecule has 4 nitrogen and oxygen atoms in total. The highest BCUT2D eigenvalue weighted by Crippen LogP contribution is 2.27. The van der Waals surface area contributed by atoms with Gasteiger partial charge in [-0.25, -0.2) is 0 Å². The van der Waals surface area contributed by atoms with Crippen molar-refractivity contribution in [2.24, 2.45) is 0 Å². The molecule has 0 aromatic heterocycles. The van der Waals surface area contributed by atoms with Gasteiger partial charge in [0.25, 0.3) is 0 Å². The van der Waals surface area contributed by atoms with Crippen LogP contribution in [0.4, 0.5) is 0 Å². The van der Waals surface area contributed by atoms with Gasteiger partial charge in [-0.15, -0.1) is 0 Å². The van der Waals surface area contributed by atoms with Gasteiger partial charge in [0.1, 0.15) is 0 Å². The molecule has 1 aliphatic carbocycles. The van der Waals surface area contributed by atoms with Gasteiger partial charge in [0.05, 0.1) is 12.5 Å². The summed E-state index contributed by atoms with van der Waals surface area (Å²) in [6.07, 6.45) is 2.46. The Morgan fingerprint density at radius 2 is 2.11 bits per heavy atom. The minimum absolute atomic E-state index is 0.0885. The van der Waals surface area contributed by atoms with Crippen molar-refractivity contribution in [2.45, 2.75) is 37.8 Å². The number of hydrogen-bond donors (Lipinski definition) is 3. The second kappa shape index (κ2) is 5.50. The lowest BCUT2D eigenvalue weighted by Crippen LogP contribution is -2.34. The van der Waals surface area contributed by atoms with Crippen molar-refractivity contribution in [3.63, 3.8) is 0 Å². The molecule has 2 rings (SSSR count). The monoisotopic (exact) mass is 249 g/mol. The summed E-state index contributed by atoms with van der Waals surface area (Å²) in [5.74, 6) is -0.908. The van der Waals surface area contributed by atoms with Crippen LogP contribution in [0.1, 0.15) is 35.6 Å². The number of aliphatic hydroxyl groups excluding tert-OH is 1. The number of aliphatic carboxylic acids is 1. The molecule has 0 spiro atoms. The quantitative estimate of drug-likeness (QED) is 0.735. The normalized spacial score (nSPS) is 17.2. The summed E-state index contributed by atoms with van der Waals surface area (Å²) < 4.78 is 0. The van der Waals surface area contributed by atoms with E-state index in [0.717, 1.165) is 18.4 Å². The van der Waals surface area contributed by atoms with E-state index in [1.165, 1.54) is 17.5 Å². The fraction of sp³-hybridized carbons (Fsp3) is 0.500. The Balaban J connectivity index is 2.16. The van der Waals surface area contributed by atoms with Crippen LogP contribution in [0.5, 0.6) is 0 Å². The molecule has 0 heterocycles. The first kappa shape index (κ1) is 13.1. The number of carbonyl (C=O) groups is 1. The van der Waals surface area contributed by atoms with Crippen LogP contribution in [0.3, 0.4) is 0 Å². The largest absolute Gasteiger partial charge is 0.481 e. The number of hydrogen-bond acceptors (Lipinski definition) is 3. The van der Waals surface area contributed by atoms with Crippen LogP contribution in [0.15, 0.2) is 18.2 Å². The summed E-state index contributed by atoms with van der Waals surface area (Å²) in [5.41, 5.74) is 3.44. The van der Waals surface area contributed by atoms with E-state index in [-0.39, 0.29) is 6.42 Å². The molecule has 1 aromatic carbocycles. The Labute approximate surface area is 107 Å². The highest BCUT2D eigenvalue weighted by molar-refractivity contribution is 5.67. The zero-order chi connectivity index (χ0) is 13.1. The van der Waals surface area contributed by atoms with Crippen molar-refractivity contribution < 1.29 is 15.0 Å². The molecule has 0 amide bonds. The Hall–Kier alpha value is -1.39. The first-order valence-corrected chi connectivity index (χ1v) is 6.30. The second-order valence-electron chi connectivity index (χ2n) is 4.82. The number of rotatable bonds is 5. The third kappa shape index (κ3) is 2.71. The maximum atomic E-state index is 10.7. The molecule has 0 aliphatic heterocycles. The molecule has 2 atom stereocenters. The Bertz CT molecular complexity index is 445. The lowest BCUT2D eigenvalue weighted by atomic mass is 9.96. The van der Waals surface area contributed by atoms with E-state index >= 15 is 0 Å². The molecular weight excluding hydrogens is 230 g/mol. The fourth-order valence-corrected chi connectivity index (χ4v) is 2.57. The van der Waals surface area contributed by atoms with E-state index in [1.54, 1.807) is 7.05 Å². The first-order valence-electron chi connectivity index (χ1n) is 6.30. The van der Waals surface area contributed by atoms with Gasteiger partial charge in [0.2, 0.25) is 0 Å². The molecular formula is C14H19NO3. The summed E-state index contributed by atoms with van der Waals surface area (Å²) >= 11 is 0. The van der Waals surface area contributed by atoms with Crippen molar-refractivity contribution in [3.8, 4) is 0 Å². The summed E-state index contributed by atoms with van der Waals surface area (Å²) in [5, 5.41) is 21.9. The van der Waals surface area contributed by atoms with Crippen molar-refractivity contribution in [1.29, 1.82) is 0 Å². The summed E-state index contributed by atoms with van der Waals surface area (Å²) in [6.45, 7) is 0. The van der Waals surface area contributed by atoms with Crippen LogP contribution in [-0.4, -0.2) is 29.3 Å². The second-order valence-corrected chi connectivity index (χ2v) is 4.82. The molecule has 0 fully saturated rings. The van der Waals surface area contributed by atoms with Crippen molar-refractivity contribution in [2.75, 3.05) is 7.05 Å². The van der Waals surface area contributed by atoms with Crippen LogP contribution < -0.4 is 5.32 Å². The highest BCUT2D eigenvalue weighted by Gasteiger charge is 2.23. The minimum atomic E-state index is -0.908. The highest BCUT2D eigenvalue weighted by atomic mass is 16.4. The van der Waals surface area contributed by atoms with Gasteiger partial charge in [-0.3, -0.25) is 4.79 Å². The van der Waals surface area contributed by atoms with Crippen LogP contribution in [-0.2, 0) is 17.6 Å². The molecule has 0 radical (unpaired) electrons. The molecule has 98 valence electrons. The zero-order valence-electron chi connectivity index (χ0n) is 10.5. The van der Waals surface area contributed by atoms with Gasteiger partial charge in [-0.1, -0.05) is 18.2 Å². The average Bonchev–Trinajstić information content (AvgIpc) is 2.81. The van der Waals surface area contributed by atoms with E-state index in [4.69, 9.17) is 5.11 Å². The Morgan fingerprint density at radius 3 is 2.78 bits per heavy atom. The molecule has 3 N–H and O–H groups in total. The molecule has 1 aromatic rings. The number of aliphatic hydroxyl groups is 1. The summed E-state index contributed by atoms with van der Waals surface area (Å²) in [4.78, 5) is 10.7. The van der Waals surface area contributed by atoms with E-state index in [1.807, 2.05) is 18.2 Å². The molecule has 1 aliphatic rings. The number of benzene rings is 1. The third-order valence-corrected chi connectivity index (χ3v) is 3.61. The molecule has 18 heavy (non-hydrogen) atoms. The number of carboxylic acids is 1. The maximum Gasteiger partial charge on any atom is 0.305 e. The van der Waals surface area contributed by atoms with Gasteiger partial charge in [-0.05, 0) is 43.0 Å². The Kier molecular flexibility index (Phi) is 3.99. The smallest absolute Gasteiger partial charge is 0.305 e. The molecule has 0 saturated carbocycles. The van der Waals surface area contributed by atoms with Crippen molar-refractivity contribution >= 4 is 5.97 Å². The van der Waals surface area contributed by atoms with E-state index in [9.17, 15) is 9.90 Å². The average molecular weight is 249 g/mol. The first-order chi connectivity index (χ1) is 8.61. The van der Waals surface area contributed by atoms with E-state index < -0.39 is 18.1 Å². The number of likely N-dealkylation sites (N-methyl/N-ethyl adjacent to an activating group) is 1. The number of carboxylic acid groups (broad SMARTS) is 1. The van der Waals surface area contributed by atoms with Crippen molar-refractivity contribution in [3.05, 3.63) is 34.9 Å². The summed E-state index contributed by atoms with van der Waals surface area (Å²) in [6, 6.07) is 5.51. The molecule has 0 saturated heterocycles.